The summed E-state index contributed by atoms with van der Waals surface area (Å²) in [5.74, 6) is 0.754. The Hall–Kier alpha value is -1.61. The van der Waals surface area contributed by atoms with Crippen LogP contribution in [0.4, 0.5) is 0 Å². The van der Waals surface area contributed by atoms with Crippen LogP contribution in [0.25, 0.3) is 0 Å². The third kappa shape index (κ3) is 5.26. The number of nitrogens with zero attached hydrogens (tertiary/aromatic N) is 1. The number of nitrogens with one attached hydrogen (secondary N) is 1. The average Bonchev–Trinajstić information content (AvgIpc) is 2.43. The number of ether oxygens (including phenoxy) is 2. The first-order valence-electron chi connectivity index (χ1n) is 6.16. The van der Waals surface area contributed by atoms with E-state index in [0.717, 1.165) is 11.3 Å². The number of rotatable bonds is 8. The van der Waals surface area contributed by atoms with Gasteiger partial charge in [-0.15, -0.1) is 0 Å². The molecule has 0 bridgehead atoms. The number of hydrogen-bond acceptors (Lipinski definition) is 5. The smallest absolute Gasteiger partial charge is 0.123 e. The molecule has 0 aliphatic carbocycles. The van der Waals surface area contributed by atoms with Crippen molar-refractivity contribution in [2.45, 2.75) is 19.1 Å². The fourth-order valence-corrected chi connectivity index (χ4v) is 1.75. The van der Waals surface area contributed by atoms with Crippen molar-refractivity contribution in [1.29, 1.82) is 5.26 Å². The molecule has 0 aromatic heterocycles. The van der Waals surface area contributed by atoms with Gasteiger partial charge in [0.05, 0.1) is 31.5 Å². The third-order valence-corrected chi connectivity index (χ3v) is 2.74. The van der Waals surface area contributed by atoms with E-state index < -0.39 is 6.10 Å². The molecule has 1 aromatic rings. The molecule has 1 atom stereocenters. The lowest BCUT2D eigenvalue weighted by Crippen LogP contribution is -2.23. The molecule has 5 heteroatoms. The van der Waals surface area contributed by atoms with Gasteiger partial charge in [-0.1, -0.05) is 0 Å². The number of hydrogen-bond donors (Lipinski definition) is 2. The van der Waals surface area contributed by atoms with Crippen LogP contribution in [0.5, 0.6) is 5.75 Å². The Morgan fingerprint density at radius 3 is 2.84 bits per heavy atom. The van der Waals surface area contributed by atoms with E-state index in [1.165, 1.54) is 0 Å². The summed E-state index contributed by atoms with van der Waals surface area (Å²) in [7, 11) is 3.17. The van der Waals surface area contributed by atoms with Crippen LogP contribution in [0.1, 0.15) is 17.5 Å². The van der Waals surface area contributed by atoms with E-state index in [0.29, 0.717) is 31.7 Å². The van der Waals surface area contributed by atoms with E-state index in [1.807, 2.05) is 0 Å². The van der Waals surface area contributed by atoms with Crippen LogP contribution in [-0.4, -0.2) is 38.6 Å². The maximum Gasteiger partial charge on any atom is 0.123 e. The molecule has 5 nitrogen and oxygen atoms in total. The molecule has 2 N–H and O–H groups in total. The minimum Gasteiger partial charge on any atom is -0.496 e. The van der Waals surface area contributed by atoms with E-state index >= 15 is 0 Å². The van der Waals surface area contributed by atoms with E-state index in [9.17, 15) is 5.11 Å². The molecular formula is C14H20N2O3. The van der Waals surface area contributed by atoms with E-state index in [-0.39, 0.29) is 0 Å². The van der Waals surface area contributed by atoms with Crippen LogP contribution in [0.15, 0.2) is 18.2 Å². The Labute approximate surface area is 113 Å². The Morgan fingerprint density at radius 1 is 1.42 bits per heavy atom. The first kappa shape index (κ1) is 15.4. The van der Waals surface area contributed by atoms with Crippen molar-refractivity contribution in [2.24, 2.45) is 0 Å². The van der Waals surface area contributed by atoms with Gasteiger partial charge in [-0.2, -0.15) is 5.26 Å². The van der Waals surface area contributed by atoms with Crippen LogP contribution >= 0.6 is 0 Å². The molecule has 104 valence electrons. The molecule has 0 saturated heterocycles. The Balaban J connectivity index is 2.46. The van der Waals surface area contributed by atoms with E-state index in [2.05, 4.69) is 11.4 Å². The zero-order valence-corrected chi connectivity index (χ0v) is 11.3. The SMILES string of the molecule is COCC(O)CCNCc1cc(C#N)ccc1OC. The highest BCUT2D eigenvalue weighted by molar-refractivity contribution is 5.41. The number of aliphatic hydroxyl groups is 1. The maximum absolute atomic E-state index is 9.50. The topological polar surface area (TPSA) is 74.5 Å². The first-order valence-corrected chi connectivity index (χ1v) is 6.16. The van der Waals surface area contributed by atoms with Gasteiger partial charge in [0, 0.05) is 19.2 Å². The molecule has 1 unspecified atom stereocenters. The van der Waals surface area contributed by atoms with Crippen molar-refractivity contribution in [3.8, 4) is 11.8 Å². The van der Waals surface area contributed by atoms with Gasteiger partial charge < -0.3 is 19.9 Å². The Kier molecular flexibility index (Phi) is 6.90. The predicted octanol–water partition coefficient (Wildman–Crippen LogP) is 1.05. The lowest BCUT2D eigenvalue weighted by molar-refractivity contribution is 0.0594. The van der Waals surface area contributed by atoms with Gasteiger partial charge >= 0.3 is 0 Å². The molecule has 0 aliphatic heterocycles. The second-order valence-corrected chi connectivity index (χ2v) is 4.21. The van der Waals surface area contributed by atoms with Crippen LogP contribution in [0.3, 0.4) is 0 Å². The lowest BCUT2D eigenvalue weighted by Gasteiger charge is -2.12. The Bertz CT molecular complexity index is 429. The van der Waals surface area contributed by atoms with Crippen LogP contribution in [0, 0.1) is 11.3 Å². The minimum atomic E-state index is -0.454. The lowest BCUT2D eigenvalue weighted by atomic mass is 10.1. The molecule has 0 aliphatic rings. The third-order valence-electron chi connectivity index (χ3n) is 2.74. The quantitative estimate of drug-likeness (QED) is 0.687. The van der Waals surface area contributed by atoms with Gasteiger partial charge in [0.15, 0.2) is 0 Å². The van der Waals surface area contributed by atoms with Gasteiger partial charge in [-0.3, -0.25) is 0 Å². The predicted molar refractivity (Wildman–Crippen MR) is 71.9 cm³/mol. The monoisotopic (exact) mass is 264 g/mol. The molecule has 0 fully saturated rings. The molecule has 0 saturated carbocycles. The normalized spacial score (nSPS) is 11.9. The van der Waals surface area contributed by atoms with Gasteiger partial charge in [-0.05, 0) is 31.2 Å². The summed E-state index contributed by atoms with van der Waals surface area (Å²) in [5, 5.41) is 21.6. The number of aliphatic hydroxyl groups excluding tert-OH is 1. The highest BCUT2D eigenvalue weighted by Gasteiger charge is 2.06. The summed E-state index contributed by atoms with van der Waals surface area (Å²) >= 11 is 0. The second kappa shape index (κ2) is 8.48. The summed E-state index contributed by atoms with van der Waals surface area (Å²) in [6, 6.07) is 7.42. The number of methoxy groups -OCH3 is 2. The summed E-state index contributed by atoms with van der Waals surface area (Å²) in [6.45, 7) is 1.61. The molecular weight excluding hydrogens is 244 g/mol. The van der Waals surface area contributed by atoms with Crippen LogP contribution < -0.4 is 10.1 Å². The van der Waals surface area contributed by atoms with Crippen molar-refractivity contribution >= 4 is 0 Å². The van der Waals surface area contributed by atoms with Crippen molar-refractivity contribution < 1.29 is 14.6 Å². The van der Waals surface area contributed by atoms with Crippen LogP contribution in [0.2, 0.25) is 0 Å². The zero-order valence-electron chi connectivity index (χ0n) is 11.3. The molecule has 0 heterocycles. The molecule has 0 spiro atoms. The standard InChI is InChI=1S/C14H20N2O3/c1-18-10-13(17)5-6-16-9-12-7-11(8-15)3-4-14(12)19-2/h3-4,7,13,16-17H,5-6,9-10H2,1-2H3. The first-order chi connectivity index (χ1) is 9.21. The summed E-state index contributed by atoms with van der Waals surface area (Å²) in [4.78, 5) is 0. The molecule has 1 aromatic carbocycles. The average molecular weight is 264 g/mol. The van der Waals surface area contributed by atoms with Crippen molar-refractivity contribution in [3.05, 3.63) is 29.3 Å². The molecule has 0 radical (unpaired) electrons. The molecule has 0 amide bonds. The van der Waals surface area contributed by atoms with Gasteiger partial charge in [0.2, 0.25) is 0 Å². The van der Waals surface area contributed by atoms with Crippen molar-refractivity contribution in [2.75, 3.05) is 27.4 Å². The van der Waals surface area contributed by atoms with Crippen molar-refractivity contribution in [3.63, 3.8) is 0 Å². The number of benzene rings is 1. The maximum atomic E-state index is 9.50. The van der Waals surface area contributed by atoms with Crippen molar-refractivity contribution in [1.82, 2.24) is 5.32 Å². The summed E-state index contributed by atoms with van der Waals surface area (Å²) in [5.41, 5.74) is 1.54. The van der Waals surface area contributed by atoms with Gasteiger partial charge in [0.1, 0.15) is 5.75 Å². The number of nitriles is 1. The van der Waals surface area contributed by atoms with Crippen LogP contribution in [-0.2, 0) is 11.3 Å². The zero-order chi connectivity index (χ0) is 14.1. The van der Waals surface area contributed by atoms with Gasteiger partial charge in [0.25, 0.3) is 0 Å². The minimum absolute atomic E-state index is 0.342. The van der Waals surface area contributed by atoms with E-state index in [1.54, 1.807) is 32.4 Å². The summed E-state index contributed by atoms with van der Waals surface area (Å²) in [6.07, 6.45) is 0.165. The second-order valence-electron chi connectivity index (χ2n) is 4.21. The van der Waals surface area contributed by atoms with E-state index in [4.69, 9.17) is 14.7 Å². The largest absolute Gasteiger partial charge is 0.496 e. The fourth-order valence-electron chi connectivity index (χ4n) is 1.75. The Morgan fingerprint density at radius 2 is 2.21 bits per heavy atom. The molecule has 19 heavy (non-hydrogen) atoms. The fraction of sp³-hybridized carbons (Fsp3) is 0.500. The highest BCUT2D eigenvalue weighted by Crippen LogP contribution is 2.19. The molecule has 1 rings (SSSR count). The highest BCUT2D eigenvalue weighted by atomic mass is 16.5. The van der Waals surface area contributed by atoms with Gasteiger partial charge in [-0.25, -0.2) is 0 Å². The summed E-state index contributed by atoms with van der Waals surface area (Å²) < 4.78 is 10.1.